The van der Waals surface area contributed by atoms with Gasteiger partial charge in [-0.15, -0.1) is 6.58 Å². The lowest BCUT2D eigenvalue weighted by Gasteiger charge is -2.04. The molecule has 2 rings (SSSR count). The number of rotatable bonds is 3. The number of benzene rings is 1. The van der Waals surface area contributed by atoms with Crippen LogP contribution in [0.2, 0.25) is 5.15 Å². The fraction of sp³-hybridized carbons (Fsp3) is 0.154. The second-order valence-corrected chi connectivity index (χ2v) is 4.01. The second-order valence-electron chi connectivity index (χ2n) is 3.65. The van der Waals surface area contributed by atoms with Crippen molar-refractivity contribution in [3.8, 4) is 0 Å². The monoisotopic (exact) mass is 262 g/mol. The van der Waals surface area contributed by atoms with Crippen molar-refractivity contribution >= 4 is 28.6 Å². The molecule has 0 spiro atoms. The maximum absolute atomic E-state index is 11.4. The Balaban J connectivity index is 2.55. The molecular weight excluding hydrogens is 252 g/mol. The zero-order valence-corrected chi connectivity index (χ0v) is 10.6. The standard InChI is InChI=1S/C13H11ClN2O2/c1-3-4-10-12(14)16-11-7-8(13(17)18-2)5-6-9(11)15-10/h3,5-7H,1,4H2,2H3. The van der Waals surface area contributed by atoms with Gasteiger partial charge >= 0.3 is 5.97 Å². The van der Waals surface area contributed by atoms with Gasteiger partial charge in [0.15, 0.2) is 5.15 Å². The van der Waals surface area contributed by atoms with E-state index in [9.17, 15) is 4.79 Å². The van der Waals surface area contributed by atoms with E-state index in [1.807, 2.05) is 0 Å². The van der Waals surface area contributed by atoms with Crippen molar-refractivity contribution in [2.75, 3.05) is 7.11 Å². The maximum Gasteiger partial charge on any atom is 0.337 e. The molecule has 0 amide bonds. The minimum atomic E-state index is -0.412. The summed E-state index contributed by atoms with van der Waals surface area (Å²) in [6.45, 7) is 3.64. The highest BCUT2D eigenvalue weighted by molar-refractivity contribution is 6.30. The van der Waals surface area contributed by atoms with E-state index in [0.29, 0.717) is 33.9 Å². The molecule has 0 fully saturated rings. The molecule has 92 valence electrons. The summed E-state index contributed by atoms with van der Waals surface area (Å²) in [5.41, 5.74) is 2.34. The molecule has 0 saturated carbocycles. The van der Waals surface area contributed by atoms with E-state index >= 15 is 0 Å². The molecule has 1 aromatic heterocycles. The first-order valence-electron chi connectivity index (χ1n) is 5.31. The highest BCUT2D eigenvalue weighted by Gasteiger charge is 2.10. The summed E-state index contributed by atoms with van der Waals surface area (Å²) in [4.78, 5) is 20.0. The number of hydrogen-bond donors (Lipinski definition) is 0. The van der Waals surface area contributed by atoms with Crippen LogP contribution >= 0.6 is 11.6 Å². The quantitative estimate of drug-likeness (QED) is 0.630. The first kappa shape index (κ1) is 12.5. The average molecular weight is 263 g/mol. The predicted octanol–water partition coefficient (Wildman–Crippen LogP) is 2.80. The SMILES string of the molecule is C=CCc1nc2ccc(C(=O)OC)cc2nc1Cl. The molecule has 0 aliphatic carbocycles. The van der Waals surface area contributed by atoms with Crippen molar-refractivity contribution in [3.63, 3.8) is 0 Å². The van der Waals surface area contributed by atoms with Gasteiger partial charge in [0.25, 0.3) is 0 Å². The lowest BCUT2D eigenvalue weighted by molar-refractivity contribution is 0.0601. The van der Waals surface area contributed by atoms with E-state index in [2.05, 4.69) is 21.3 Å². The number of carbonyl (C=O) groups is 1. The Hall–Kier alpha value is -1.94. The predicted molar refractivity (Wildman–Crippen MR) is 69.8 cm³/mol. The van der Waals surface area contributed by atoms with Gasteiger partial charge in [-0.3, -0.25) is 0 Å². The zero-order valence-electron chi connectivity index (χ0n) is 9.81. The number of allylic oxidation sites excluding steroid dienone is 1. The number of ether oxygens (including phenoxy) is 1. The normalized spacial score (nSPS) is 10.3. The third kappa shape index (κ3) is 2.33. The molecule has 0 saturated heterocycles. The second kappa shape index (κ2) is 5.14. The number of aromatic nitrogens is 2. The van der Waals surface area contributed by atoms with Gasteiger partial charge in [0.1, 0.15) is 0 Å². The number of fused-ring (bicyclic) bond motifs is 1. The van der Waals surface area contributed by atoms with E-state index in [1.165, 1.54) is 7.11 Å². The lowest BCUT2D eigenvalue weighted by Crippen LogP contribution is -2.02. The van der Waals surface area contributed by atoms with Crippen LogP contribution in [-0.2, 0) is 11.2 Å². The van der Waals surface area contributed by atoms with Gasteiger partial charge in [0, 0.05) is 6.42 Å². The van der Waals surface area contributed by atoms with E-state index in [4.69, 9.17) is 11.6 Å². The molecule has 0 aliphatic heterocycles. The van der Waals surface area contributed by atoms with Gasteiger partial charge in [-0.05, 0) is 18.2 Å². The Bertz CT molecular complexity index is 626. The van der Waals surface area contributed by atoms with Crippen molar-refractivity contribution in [1.82, 2.24) is 9.97 Å². The highest BCUT2D eigenvalue weighted by Crippen LogP contribution is 2.19. The van der Waals surface area contributed by atoms with Crippen LogP contribution in [0.5, 0.6) is 0 Å². The largest absolute Gasteiger partial charge is 0.465 e. The number of nitrogens with zero attached hydrogens (tertiary/aromatic N) is 2. The fourth-order valence-corrected chi connectivity index (χ4v) is 1.79. The summed E-state index contributed by atoms with van der Waals surface area (Å²) < 4.78 is 4.64. The summed E-state index contributed by atoms with van der Waals surface area (Å²) in [6, 6.07) is 4.98. The zero-order chi connectivity index (χ0) is 13.1. The fourth-order valence-electron chi connectivity index (χ4n) is 1.58. The van der Waals surface area contributed by atoms with Crippen LogP contribution in [0.15, 0.2) is 30.9 Å². The molecule has 0 atom stereocenters. The molecule has 18 heavy (non-hydrogen) atoms. The van der Waals surface area contributed by atoms with Gasteiger partial charge in [-0.2, -0.15) is 0 Å². The van der Waals surface area contributed by atoms with Crippen LogP contribution in [0.1, 0.15) is 16.1 Å². The Morgan fingerprint density at radius 1 is 1.44 bits per heavy atom. The van der Waals surface area contributed by atoms with Crippen LogP contribution < -0.4 is 0 Å². The molecule has 5 heteroatoms. The third-order valence-corrected chi connectivity index (χ3v) is 2.75. The Kier molecular flexibility index (Phi) is 3.58. The highest BCUT2D eigenvalue weighted by atomic mass is 35.5. The average Bonchev–Trinajstić information content (AvgIpc) is 2.38. The van der Waals surface area contributed by atoms with Crippen LogP contribution in [0.4, 0.5) is 0 Å². The Morgan fingerprint density at radius 3 is 2.89 bits per heavy atom. The van der Waals surface area contributed by atoms with Crippen LogP contribution in [0, 0.1) is 0 Å². The first-order valence-corrected chi connectivity index (χ1v) is 5.69. The first-order chi connectivity index (χ1) is 8.65. The number of methoxy groups -OCH3 is 1. The molecule has 0 bridgehead atoms. The number of carbonyl (C=O) groups excluding carboxylic acids is 1. The molecular formula is C13H11ClN2O2. The lowest BCUT2D eigenvalue weighted by atomic mass is 10.2. The molecule has 1 heterocycles. The number of halogens is 1. The van der Waals surface area contributed by atoms with Crippen molar-refractivity contribution in [2.45, 2.75) is 6.42 Å². The van der Waals surface area contributed by atoms with Crippen molar-refractivity contribution in [3.05, 3.63) is 47.3 Å². The van der Waals surface area contributed by atoms with Gasteiger partial charge in [0.05, 0.1) is 29.4 Å². The minimum absolute atomic E-state index is 0.324. The number of esters is 1. The van der Waals surface area contributed by atoms with Crippen molar-refractivity contribution in [2.24, 2.45) is 0 Å². The van der Waals surface area contributed by atoms with Gasteiger partial charge in [-0.25, -0.2) is 14.8 Å². The number of hydrogen-bond acceptors (Lipinski definition) is 4. The maximum atomic E-state index is 11.4. The van der Waals surface area contributed by atoms with Crippen molar-refractivity contribution < 1.29 is 9.53 Å². The molecule has 0 unspecified atom stereocenters. The van der Waals surface area contributed by atoms with Crippen LogP contribution in [0.3, 0.4) is 0 Å². The van der Waals surface area contributed by atoms with E-state index in [1.54, 1.807) is 24.3 Å². The van der Waals surface area contributed by atoms with Crippen LogP contribution in [-0.4, -0.2) is 23.0 Å². The summed E-state index contributed by atoms with van der Waals surface area (Å²) in [5, 5.41) is 0.324. The summed E-state index contributed by atoms with van der Waals surface area (Å²) in [7, 11) is 1.33. The molecule has 2 aromatic rings. The van der Waals surface area contributed by atoms with E-state index in [0.717, 1.165) is 0 Å². The summed E-state index contributed by atoms with van der Waals surface area (Å²) in [5.74, 6) is -0.412. The summed E-state index contributed by atoms with van der Waals surface area (Å²) in [6.07, 6.45) is 2.27. The van der Waals surface area contributed by atoms with Gasteiger partial charge < -0.3 is 4.74 Å². The third-order valence-electron chi connectivity index (χ3n) is 2.45. The topological polar surface area (TPSA) is 52.1 Å². The molecule has 0 aliphatic rings. The minimum Gasteiger partial charge on any atom is -0.465 e. The van der Waals surface area contributed by atoms with Crippen LogP contribution in [0.25, 0.3) is 11.0 Å². The Labute approximate surface area is 109 Å². The van der Waals surface area contributed by atoms with E-state index in [-0.39, 0.29) is 0 Å². The van der Waals surface area contributed by atoms with E-state index < -0.39 is 5.97 Å². The van der Waals surface area contributed by atoms with Gasteiger partial charge in [0.2, 0.25) is 0 Å². The smallest absolute Gasteiger partial charge is 0.337 e. The molecule has 4 nitrogen and oxygen atoms in total. The summed E-state index contributed by atoms with van der Waals surface area (Å²) >= 11 is 6.01. The molecule has 0 radical (unpaired) electrons. The van der Waals surface area contributed by atoms with Crippen molar-refractivity contribution in [1.29, 1.82) is 0 Å². The van der Waals surface area contributed by atoms with Gasteiger partial charge in [-0.1, -0.05) is 17.7 Å². The molecule has 0 N–H and O–H groups in total. The Morgan fingerprint density at radius 2 is 2.22 bits per heavy atom. The molecule has 1 aromatic carbocycles.